The Hall–Kier alpha value is -1.60. The lowest BCUT2D eigenvalue weighted by Gasteiger charge is -2.12. The van der Waals surface area contributed by atoms with Gasteiger partial charge in [0.2, 0.25) is 10.0 Å². The van der Waals surface area contributed by atoms with Crippen LogP contribution in [0.4, 0.5) is 0 Å². The molecule has 1 aromatic rings. The number of methoxy groups -OCH3 is 2. The van der Waals surface area contributed by atoms with Gasteiger partial charge >= 0.3 is 5.97 Å². The Bertz CT molecular complexity index is 509. The molecule has 0 spiro atoms. The minimum absolute atomic E-state index is 0.0547. The van der Waals surface area contributed by atoms with Crippen LogP contribution in [0.25, 0.3) is 0 Å². The summed E-state index contributed by atoms with van der Waals surface area (Å²) in [5.74, 6) is -0.0953. The minimum Gasteiger partial charge on any atom is -0.497 e. The number of esters is 1. The smallest absolute Gasteiger partial charge is 0.323 e. The molecule has 0 aliphatic carbocycles. The van der Waals surface area contributed by atoms with Gasteiger partial charge in [0.25, 0.3) is 0 Å². The maximum absolute atomic E-state index is 11.9. The van der Waals surface area contributed by atoms with Gasteiger partial charge in [-0.25, -0.2) is 8.42 Å². The molecule has 18 heavy (non-hydrogen) atoms. The highest BCUT2D eigenvalue weighted by atomic mass is 32.2. The van der Waals surface area contributed by atoms with E-state index in [0.717, 1.165) is 0 Å². The third-order valence-electron chi connectivity index (χ3n) is 2.26. The van der Waals surface area contributed by atoms with Crippen LogP contribution in [-0.4, -0.2) is 34.6 Å². The van der Waals surface area contributed by atoms with E-state index in [4.69, 9.17) is 4.74 Å². The highest BCUT2D eigenvalue weighted by Crippen LogP contribution is 2.15. The van der Waals surface area contributed by atoms with Gasteiger partial charge in [-0.2, -0.15) is 4.72 Å². The first-order valence-corrected chi connectivity index (χ1v) is 6.63. The molecule has 0 saturated carbocycles. The highest BCUT2D eigenvalue weighted by Gasteiger charge is 2.22. The zero-order valence-corrected chi connectivity index (χ0v) is 11.2. The summed E-state index contributed by atoms with van der Waals surface area (Å²) in [6.45, 7) is 1.41. The van der Waals surface area contributed by atoms with E-state index >= 15 is 0 Å². The number of hydrogen-bond acceptors (Lipinski definition) is 5. The zero-order valence-electron chi connectivity index (χ0n) is 10.3. The fraction of sp³-hybridized carbons (Fsp3) is 0.364. The van der Waals surface area contributed by atoms with Gasteiger partial charge in [0.05, 0.1) is 19.1 Å². The zero-order chi connectivity index (χ0) is 13.8. The first-order chi connectivity index (χ1) is 8.40. The van der Waals surface area contributed by atoms with Crippen molar-refractivity contribution in [2.75, 3.05) is 14.2 Å². The summed E-state index contributed by atoms with van der Waals surface area (Å²) in [6.07, 6.45) is 0. The lowest BCUT2D eigenvalue weighted by atomic mass is 10.3. The Morgan fingerprint density at radius 1 is 1.22 bits per heavy atom. The second kappa shape index (κ2) is 5.83. The van der Waals surface area contributed by atoms with Crippen LogP contribution in [0.2, 0.25) is 0 Å². The second-order valence-electron chi connectivity index (χ2n) is 3.54. The molecule has 0 amide bonds. The molecule has 1 rings (SSSR count). The molecule has 0 aromatic heterocycles. The molecule has 0 radical (unpaired) electrons. The molecule has 0 heterocycles. The van der Waals surface area contributed by atoms with Crippen LogP contribution in [0.1, 0.15) is 6.92 Å². The van der Waals surface area contributed by atoms with Crippen molar-refractivity contribution in [3.8, 4) is 5.75 Å². The summed E-state index contributed by atoms with van der Waals surface area (Å²) in [7, 11) is -1.06. The van der Waals surface area contributed by atoms with E-state index < -0.39 is 22.0 Å². The normalized spacial score (nSPS) is 12.8. The van der Waals surface area contributed by atoms with E-state index in [9.17, 15) is 13.2 Å². The molecule has 7 heteroatoms. The number of hydrogen-bond donors (Lipinski definition) is 1. The topological polar surface area (TPSA) is 81.7 Å². The summed E-state index contributed by atoms with van der Waals surface area (Å²) in [5, 5.41) is 0. The molecular weight excluding hydrogens is 258 g/mol. The first kappa shape index (κ1) is 14.5. The fourth-order valence-electron chi connectivity index (χ4n) is 1.28. The highest BCUT2D eigenvalue weighted by molar-refractivity contribution is 7.89. The molecule has 0 aliphatic heterocycles. The quantitative estimate of drug-likeness (QED) is 0.792. The summed E-state index contributed by atoms with van der Waals surface area (Å²) in [6, 6.07) is 4.90. The van der Waals surface area contributed by atoms with Gasteiger partial charge in [-0.05, 0) is 31.2 Å². The molecule has 1 atom stereocenters. The summed E-state index contributed by atoms with van der Waals surface area (Å²) in [5.41, 5.74) is 0. The van der Waals surface area contributed by atoms with Gasteiger partial charge < -0.3 is 9.47 Å². The summed E-state index contributed by atoms with van der Waals surface area (Å²) >= 11 is 0. The van der Waals surface area contributed by atoms with Crippen LogP contribution in [0.5, 0.6) is 5.75 Å². The molecule has 1 aromatic carbocycles. The van der Waals surface area contributed by atoms with Crippen LogP contribution in [0.15, 0.2) is 29.2 Å². The van der Waals surface area contributed by atoms with E-state index in [1.165, 1.54) is 45.4 Å². The number of sulfonamides is 1. The van der Waals surface area contributed by atoms with Crippen LogP contribution in [0, 0.1) is 0 Å². The molecule has 100 valence electrons. The van der Waals surface area contributed by atoms with Crippen molar-refractivity contribution < 1.29 is 22.7 Å². The summed E-state index contributed by atoms with van der Waals surface area (Å²) < 4.78 is 35.4. The Balaban J connectivity index is 2.89. The second-order valence-corrected chi connectivity index (χ2v) is 5.26. The molecule has 0 saturated heterocycles. The fourth-order valence-corrected chi connectivity index (χ4v) is 2.47. The summed E-state index contributed by atoms with van der Waals surface area (Å²) in [4.78, 5) is 11.2. The van der Waals surface area contributed by atoms with E-state index in [2.05, 4.69) is 9.46 Å². The largest absolute Gasteiger partial charge is 0.497 e. The number of ether oxygens (including phenoxy) is 2. The van der Waals surface area contributed by atoms with Crippen molar-refractivity contribution in [3.63, 3.8) is 0 Å². The molecular formula is C11H15NO5S. The predicted molar refractivity (Wildman–Crippen MR) is 64.8 cm³/mol. The Morgan fingerprint density at radius 2 is 1.78 bits per heavy atom. The van der Waals surface area contributed by atoms with E-state index in [1.54, 1.807) is 0 Å². The Morgan fingerprint density at radius 3 is 2.22 bits per heavy atom. The maximum Gasteiger partial charge on any atom is 0.323 e. The number of carbonyl (C=O) groups is 1. The molecule has 1 unspecified atom stereocenters. The third-order valence-corrected chi connectivity index (χ3v) is 3.81. The van der Waals surface area contributed by atoms with Crippen molar-refractivity contribution in [1.29, 1.82) is 0 Å². The van der Waals surface area contributed by atoms with E-state index in [-0.39, 0.29) is 4.90 Å². The van der Waals surface area contributed by atoms with Gasteiger partial charge in [0.15, 0.2) is 0 Å². The molecule has 0 fully saturated rings. The van der Waals surface area contributed by atoms with Crippen LogP contribution in [-0.2, 0) is 19.6 Å². The van der Waals surface area contributed by atoms with Gasteiger partial charge in [-0.1, -0.05) is 0 Å². The molecule has 0 aliphatic rings. The number of benzene rings is 1. The van der Waals surface area contributed by atoms with E-state index in [1.807, 2.05) is 0 Å². The van der Waals surface area contributed by atoms with Gasteiger partial charge in [0, 0.05) is 0 Å². The predicted octanol–water partition coefficient (Wildman–Crippen LogP) is 0.535. The van der Waals surface area contributed by atoms with E-state index in [0.29, 0.717) is 5.75 Å². The SMILES string of the molecule is COC(=O)C(C)NS(=O)(=O)c1ccc(OC)cc1. The van der Waals surface area contributed by atoms with Crippen molar-refractivity contribution >= 4 is 16.0 Å². The Labute approximate surface area is 106 Å². The monoisotopic (exact) mass is 273 g/mol. The van der Waals surface area contributed by atoms with Gasteiger partial charge in [0.1, 0.15) is 11.8 Å². The van der Waals surface area contributed by atoms with Gasteiger partial charge in [-0.3, -0.25) is 4.79 Å². The number of nitrogens with one attached hydrogen (secondary N) is 1. The third kappa shape index (κ3) is 3.44. The van der Waals surface area contributed by atoms with Crippen molar-refractivity contribution in [1.82, 2.24) is 4.72 Å². The van der Waals surface area contributed by atoms with Crippen LogP contribution >= 0.6 is 0 Å². The number of rotatable bonds is 5. The molecule has 1 N–H and O–H groups in total. The minimum atomic E-state index is -3.75. The first-order valence-electron chi connectivity index (χ1n) is 5.15. The van der Waals surface area contributed by atoms with Gasteiger partial charge in [-0.15, -0.1) is 0 Å². The standard InChI is InChI=1S/C11H15NO5S/c1-8(11(13)17-3)12-18(14,15)10-6-4-9(16-2)5-7-10/h4-8,12H,1-3H3. The number of carbonyl (C=O) groups excluding carboxylic acids is 1. The van der Waals surface area contributed by atoms with Crippen LogP contribution < -0.4 is 9.46 Å². The average Bonchev–Trinajstić information content (AvgIpc) is 2.37. The lowest BCUT2D eigenvalue weighted by Crippen LogP contribution is -2.39. The molecule has 0 bridgehead atoms. The van der Waals surface area contributed by atoms with Crippen molar-refractivity contribution in [2.45, 2.75) is 17.9 Å². The van der Waals surface area contributed by atoms with Crippen LogP contribution in [0.3, 0.4) is 0 Å². The Kier molecular flexibility index (Phi) is 4.69. The lowest BCUT2D eigenvalue weighted by molar-refractivity contribution is -0.142. The maximum atomic E-state index is 11.9. The van der Waals surface area contributed by atoms with Crippen molar-refractivity contribution in [2.24, 2.45) is 0 Å². The molecule has 6 nitrogen and oxygen atoms in total. The average molecular weight is 273 g/mol. The van der Waals surface area contributed by atoms with Crippen molar-refractivity contribution in [3.05, 3.63) is 24.3 Å².